The van der Waals surface area contributed by atoms with E-state index in [1.54, 1.807) is 0 Å². The lowest BCUT2D eigenvalue weighted by Gasteiger charge is -2.36. The number of amides is 1. The molecule has 0 aromatic carbocycles. The van der Waals surface area contributed by atoms with Crippen LogP contribution in [0.25, 0.3) is 0 Å². The standard InChI is InChI=1S/C12H22N4O/c1-10(11(2)14)12(17)16-8-6-15(7-9-16)5-3-4-13/h10-11H,3,5-9,14H2,1-2H3. The molecule has 2 atom stereocenters. The average Bonchev–Trinajstić information content (AvgIpc) is 2.35. The number of hydrogen-bond acceptors (Lipinski definition) is 4. The number of nitriles is 1. The molecule has 5 heteroatoms. The molecule has 0 aliphatic carbocycles. The van der Waals surface area contributed by atoms with E-state index in [-0.39, 0.29) is 17.9 Å². The van der Waals surface area contributed by atoms with E-state index in [2.05, 4.69) is 11.0 Å². The number of nitrogens with zero attached hydrogens (tertiary/aromatic N) is 3. The molecule has 17 heavy (non-hydrogen) atoms. The third-order valence-electron chi connectivity index (χ3n) is 3.40. The Balaban J connectivity index is 2.36. The minimum atomic E-state index is -0.111. The Kier molecular flexibility index (Phi) is 5.39. The van der Waals surface area contributed by atoms with Crippen LogP contribution in [0, 0.1) is 17.2 Å². The van der Waals surface area contributed by atoms with Crippen LogP contribution in [0.4, 0.5) is 0 Å². The zero-order valence-corrected chi connectivity index (χ0v) is 10.7. The van der Waals surface area contributed by atoms with Crippen LogP contribution in [0.5, 0.6) is 0 Å². The van der Waals surface area contributed by atoms with Crippen LogP contribution in [0.1, 0.15) is 20.3 Å². The highest BCUT2D eigenvalue weighted by molar-refractivity contribution is 5.79. The van der Waals surface area contributed by atoms with Crippen LogP contribution < -0.4 is 5.73 Å². The van der Waals surface area contributed by atoms with Crippen molar-refractivity contribution in [2.45, 2.75) is 26.3 Å². The van der Waals surface area contributed by atoms with Crippen LogP contribution in [0.2, 0.25) is 0 Å². The summed E-state index contributed by atoms with van der Waals surface area (Å²) in [6.07, 6.45) is 0.560. The quantitative estimate of drug-likeness (QED) is 0.750. The second kappa shape index (κ2) is 6.58. The average molecular weight is 238 g/mol. The Bertz CT molecular complexity index is 289. The van der Waals surface area contributed by atoms with Gasteiger partial charge in [0, 0.05) is 45.2 Å². The Morgan fingerprint density at radius 3 is 2.41 bits per heavy atom. The number of rotatable bonds is 4. The van der Waals surface area contributed by atoms with Crippen molar-refractivity contribution in [3.63, 3.8) is 0 Å². The zero-order chi connectivity index (χ0) is 12.8. The van der Waals surface area contributed by atoms with Crippen LogP contribution in [0.15, 0.2) is 0 Å². The lowest BCUT2D eigenvalue weighted by molar-refractivity contribution is -0.137. The predicted octanol–water partition coefficient (Wildman–Crippen LogP) is 0.0276. The fourth-order valence-corrected chi connectivity index (χ4v) is 1.91. The maximum atomic E-state index is 12.0. The molecule has 1 heterocycles. The van der Waals surface area contributed by atoms with Gasteiger partial charge in [-0.25, -0.2) is 0 Å². The fraction of sp³-hybridized carbons (Fsp3) is 0.833. The molecule has 1 saturated heterocycles. The summed E-state index contributed by atoms with van der Waals surface area (Å²) in [4.78, 5) is 16.1. The van der Waals surface area contributed by atoms with Crippen molar-refractivity contribution in [1.29, 1.82) is 5.26 Å². The first kappa shape index (κ1) is 13.9. The number of nitrogens with two attached hydrogens (primary N) is 1. The zero-order valence-electron chi connectivity index (χ0n) is 10.7. The lowest BCUT2D eigenvalue weighted by atomic mass is 10.0. The summed E-state index contributed by atoms with van der Waals surface area (Å²) >= 11 is 0. The van der Waals surface area contributed by atoms with E-state index < -0.39 is 0 Å². The highest BCUT2D eigenvalue weighted by atomic mass is 16.2. The van der Waals surface area contributed by atoms with Gasteiger partial charge in [-0.05, 0) is 6.92 Å². The molecule has 5 nitrogen and oxygen atoms in total. The highest BCUT2D eigenvalue weighted by Gasteiger charge is 2.26. The number of carbonyl (C=O) groups is 1. The molecule has 0 bridgehead atoms. The van der Waals surface area contributed by atoms with Crippen molar-refractivity contribution < 1.29 is 4.79 Å². The molecule has 1 amide bonds. The van der Waals surface area contributed by atoms with Gasteiger partial charge < -0.3 is 10.6 Å². The molecule has 96 valence electrons. The first-order chi connectivity index (χ1) is 8.06. The van der Waals surface area contributed by atoms with Crippen molar-refractivity contribution >= 4 is 5.91 Å². The summed E-state index contributed by atoms with van der Waals surface area (Å²) in [6, 6.07) is 2.05. The van der Waals surface area contributed by atoms with Gasteiger partial charge >= 0.3 is 0 Å². The third-order valence-corrected chi connectivity index (χ3v) is 3.40. The van der Waals surface area contributed by atoms with E-state index in [1.165, 1.54) is 0 Å². The molecule has 1 aliphatic rings. The van der Waals surface area contributed by atoms with E-state index in [1.807, 2.05) is 18.7 Å². The van der Waals surface area contributed by atoms with Crippen LogP contribution >= 0.6 is 0 Å². The van der Waals surface area contributed by atoms with Crippen molar-refractivity contribution in [2.75, 3.05) is 32.7 Å². The maximum absolute atomic E-state index is 12.0. The Morgan fingerprint density at radius 1 is 1.35 bits per heavy atom. The van der Waals surface area contributed by atoms with Crippen molar-refractivity contribution in [3.8, 4) is 6.07 Å². The molecule has 0 saturated carbocycles. The first-order valence-corrected chi connectivity index (χ1v) is 6.20. The minimum absolute atomic E-state index is 0.0980. The molecule has 0 aromatic heterocycles. The second-order valence-corrected chi connectivity index (χ2v) is 4.72. The molecule has 0 aromatic rings. The smallest absolute Gasteiger partial charge is 0.227 e. The Morgan fingerprint density at radius 2 is 1.94 bits per heavy atom. The molecule has 0 spiro atoms. The SMILES string of the molecule is CC(N)C(C)C(=O)N1CCN(CCC#N)CC1. The fourth-order valence-electron chi connectivity index (χ4n) is 1.91. The summed E-state index contributed by atoms with van der Waals surface area (Å²) in [6.45, 7) is 7.78. The van der Waals surface area contributed by atoms with Crippen molar-refractivity contribution in [3.05, 3.63) is 0 Å². The minimum Gasteiger partial charge on any atom is -0.340 e. The normalized spacial score (nSPS) is 20.7. The summed E-state index contributed by atoms with van der Waals surface area (Å²) in [5.74, 6) is 0.0422. The monoisotopic (exact) mass is 238 g/mol. The summed E-state index contributed by atoms with van der Waals surface area (Å²) in [5.41, 5.74) is 5.74. The summed E-state index contributed by atoms with van der Waals surface area (Å²) < 4.78 is 0. The van der Waals surface area contributed by atoms with Crippen LogP contribution in [-0.4, -0.2) is 54.5 Å². The molecular weight excluding hydrogens is 216 g/mol. The molecular formula is C12H22N4O. The molecule has 2 unspecified atom stereocenters. The number of hydrogen-bond donors (Lipinski definition) is 1. The van der Waals surface area contributed by atoms with Gasteiger partial charge in [0.25, 0.3) is 0 Å². The van der Waals surface area contributed by atoms with Gasteiger partial charge in [-0.3, -0.25) is 9.69 Å². The van der Waals surface area contributed by atoms with Gasteiger partial charge in [0.1, 0.15) is 0 Å². The summed E-state index contributed by atoms with van der Waals surface area (Å²) in [7, 11) is 0. The van der Waals surface area contributed by atoms with E-state index >= 15 is 0 Å². The molecule has 0 radical (unpaired) electrons. The molecule has 1 aliphatic heterocycles. The van der Waals surface area contributed by atoms with Gasteiger partial charge in [-0.2, -0.15) is 5.26 Å². The van der Waals surface area contributed by atoms with E-state index in [0.29, 0.717) is 6.42 Å². The van der Waals surface area contributed by atoms with Crippen molar-refractivity contribution in [1.82, 2.24) is 9.80 Å². The van der Waals surface area contributed by atoms with Gasteiger partial charge in [-0.15, -0.1) is 0 Å². The van der Waals surface area contributed by atoms with Gasteiger partial charge in [-0.1, -0.05) is 6.92 Å². The van der Waals surface area contributed by atoms with Crippen LogP contribution in [-0.2, 0) is 4.79 Å². The lowest BCUT2D eigenvalue weighted by Crippen LogP contribution is -2.51. The van der Waals surface area contributed by atoms with E-state index in [0.717, 1.165) is 32.7 Å². The van der Waals surface area contributed by atoms with Gasteiger partial charge in [0.15, 0.2) is 0 Å². The predicted molar refractivity (Wildman–Crippen MR) is 66.1 cm³/mol. The largest absolute Gasteiger partial charge is 0.340 e. The maximum Gasteiger partial charge on any atom is 0.227 e. The van der Waals surface area contributed by atoms with E-state index in [4.69, 9.17) is 11.0 Å². The van der Waals surface area contributed by atoms with Crippen molar-refractivity contribution in [2.24, 2.45) is 11.7 Å². The Hall–Kier alpha value is -1.12. The molecule has 2 N–H and O–H groups in total. The first-order valence-electron chi connectivity index (χ1n) is 6.20. The third kappa shape index (κ3) is 3.99. The van der Waals surface area contributed by atoms with E-state index in [9.17, 15) is 4.79 Å². The summed E-state index contributed by atoms with van der Waals surface area (Å²) in [5, 5.41) is 8.52. The van der Waals surface area contributed by atoms with Crippen LogP contribution in [0.3, 0.4) is 0 Å². The number of carbonyl (C=O) groups excluding carboxylic acids is 1. The van der Waals surface area contributed by atoms with Gasteiger partial charge in [0.2, 0.25) is 5.91 Å². The number of piperazine rings is 1. The second-order valence-electron chi connectivity index (χ2n) is 4.72. The topological polar surface area (TPSA) is 73.4 Å². The molecule has 1 rings (SSSR count). The molecule has 1 fully saturated rings. The highest BCUT2D eigenvalue weighted by Crippen LogP contribution is 2.09. The Labute approximate surface area is 103 Å². The van der Waals surface area contributed by atoms with Gasteiger partial charge in [0.05, 0.1) is 12.0 Å².